The van der Waals surface area contributed by atoms with Gasteiger partial charge in [-0.15, -0.1) is 0 Å². The summed E-state index contributed by atoms with van der Waals surface area (Å²) in [5.41, 5.74) is 6.77. The van der Waals surface area contributed by atoms with Crippen LogP contribution in [0.15, 0.2) is 30.6 Å². The zero-order chi connectivity index (χ0) is 14.8. The Morgan fingerprint density at radius 3 is 2.55 bits per heavy atom. The minimum absolute atomic E-state index is 0.116. The number of hydrogen-bond acceptors (Lipinski definition) is 4. The Hall–Kier alpha value is -2.17. The zero-order valence-corrected chi connectivity index (χ0v) is 12.1. The highest BCUT2D eigenvalue weighted by Gasteiger charge is 2.30. The summed E-state index contributed by atoms with van der Waals surface area (Å²) in [5.74, 6) is 0.825. The number of aryl methyl sites for hydroxylation is 1. The van der Waals surface area contributed by atoms with E-state index in [4.69, 9.17) is 5.73 Å². The minimum atomic E-state index is -0.571. The van der Waals surface area contributed by atoms with Gasteiger partial charge in [0.2, 0.25) is 0 Å². The second-order valence-corrected chi connectivity index (χ2v) is 5.34. The second-order valence-electron chi connectivity index (χ2n) is 5.34. The van der Waals surface area contributed by atoms with Crippen molar-refractivity contribution in [3.63, 3.8) is 0 Å². The number of rotatable bonds is 5. The van der Waals surface area contributed by atoms with E-state index in [9.17, 15) is 4.79 Å². The molecule has 0 saturated heterocycles. The molecule has 0 amide bonds. The Labute approximate surface area is 118 Å². The fourth-order valence-electron chi connectivity index (χ4n) is 2.11. The van der Waals surface area contributed by atoms with Gasteiger partial charge in [-0.05, 0) is 38.5 Å². The van der Waals surface area contributed by atoms with E-state index in [1.165, 1.54) is 6.33 Å². The molecule has 2 rings (SSSR count). The predicted octanol–water partition coefficient (Wildman–Crippen LogP) is 1.97. The quantitative estimate of drug-likeness (QED) is 0.844. The fraction of sp³-hybridized carbons (Fsp3) is 0.400. The number of anilines is 1. The van der Waals surface area contributed by atoms with E-state index in [1.54, 1.807) is 4.68 Å². The van der Waals surface area contributed by atoms with E-state index in [1.807, 2.05) is 45.0 Å². The van der Waals surface area contributed by atoms with Crippen LogP contribution >= 0.6 is 0 Å². The molecule has 0 fully saturated rings. The summed E-state index contributed by atoms with van der Waals surface area (Å²) in [5, 5.41) is 4.09. The molecular weight excluding hydrogens is 252 g/mol. The summed E-state index contributed by atoms with van der Waals surface area (Å²) in [6, 6.07) is 7.44. The van der Waals surface area contributed by atoms with Crippen LogP contribution in [0.2, 0.25) is 0 Å². The van der Waals surface area contributed by atoms with E-state index in [0.29, 0.717) is 18.1 Å². The molecule has 0 atom stereocenters. The zero-order valence-electron chi connectivity index (χ0n) is 12.1. The van der Waals surface area contributed by atoms with Crippen molar-refractivity contribution in [3.05, 3.63) is 42.0 Å². The molecule has 0 aliphatic carbocycles. The number of carbonyl (C=O) groups is 1. The van der Waals surface area contributed by atoms with Crippen LogP contribution in [0.1, 0.15) is 32.2 Å². The molecule has 5 nitrogen and oxygen atoms in total. The first-order chi connectivity index (χ1) is 9.45. The number of ketones is 1. The minimum Gasteiger partial charge on any atom is -0.399 e. The van der Waals surface area contributed by atoms with E-state index in [-0.39, 0.29) is 12.2 Å². The van der Waals surface area contributed by atoms with E-state index in [2.05, 4.69) is 10.1 Å². The lowest BCUT2D eigenvalue weighted by Crippen LogP contribution is -2.31. The standard InChI is InChI=1S/C15H20N4O/c1-4-19-14(17-10-18-19)9-13(20)15(2,3)11-5-7-12(16)8-6-11/h5-8,10H,4,9,16H2,1-3H3. The van der Waals surface area contributed by atoms with Crippen LogP contribution in [0.5, 0.6) is 0 Å². The molecule has 0 spiro atoms. The number of hydrogen-bond donors (Lipinski definition) is 1. The van der Waals surface area contributed by atoms with Crippen LogP contribution in [0.25, 0.3) is 0 Å². The number of benzene rings is 1. The maximum Gasteiger partial charge on any atom is 0.150 e. The maximum atomic E-state index is 12.6. The van der Waals surface area contributed by atoms with E-state index < -0.39 is 5.41 Å². The lowest BCUT2D eigenvalue weighted by molar-refractivity contribution is -0.123. The van der Waals surface area contributed by atoms with Crippen LogP contribution in [0, 0.1) is 0 Å². The third-order valence-corrected chi connectivity index (χ3v) is 3.64. The summed E-state index contributed by atoms with van der Waals surface area (Å²) >= 11 is 0. The molecule has 1 heterocycles. The third-order valence-electron chi connectivity index (χ3n) is 3.64. The summed E-state index contributed by atoms with van der Waals surface area (Å²) in [4.78, 5) is 16.7. The van der Waals surface area contributed by atoms with Crippen molar-refractivity contribution in [2.45, 2.75) is 39.2 Å². The number of aromatic nitrogens is 3. The van der Waals surface area contributed by atoms with Gasteiger partial charge in [-0.25, -0.2) is 9.67 Å². The smallest absolute Gasteiger partial charge is 0.150 e. The van der Waals surface area contributed by atoms with Crippen molar-refractivity contribution in [1.82, 2.24) is 14.8 Å². The van der Waals surface area contributed by atoms with Gasteiger partial charge in [-0.2, -0.15) is 5.10 Å². The van der Waals surface area contributed by atoms with Crippen LogP contribution < -0.4 is 5.73 Å². The molecule has 0 bridgehead atoms. The van der Waals surface area contributed by atoms with Crippen molar-refractivity contribution < 1.29 is 4.79 Å². The van der Waals surface area contributed by atoms with Crippen molar-refractivity contribution in [3.8, 4) is 0 Å². The Balaban J connectivity index is 2.21. The molecule has 0 aliphatic rings. The Bertz CT molecular complexity index is 599. The highest BCUT2D eigenvalue weighted by atomic mass is 16.1. The van der Waals surface area contributed by atoms with Crippen LogP contribution in [0.4, 0.5) is 5.69 Å². The molecule has 1 aromatic carbocycles. The molecular formula is C15H20N4O. The number of nitrogens with zero attached hydrogens (tertiary/aromatic N) is 3. The lowest BCUT2D eigenvalue weighted by Gasteiger charge is -2.23. The van der Waals surface area contributed by atoms with Crippen LogP contribution in [-0.2, 0) is 23.2 Å². The summed E-state index contributed by atoms with van der Waals surface area (Å²) in [7, 11) is 0. The molecule has 0 radical (unpaired) electrons. The summed E-state index contributed by atoms with van der Waals surface area (Å²) in [6.07, 6.45) is 1.77. The summed E-state index contributed by atoms with van der Waals surface area (Å²) in [6.45, 7) is 6.54. The first kappa shape index (κ1) is 14.2. The normalized spacial score (nSPS) is 11.6. The first-order valence-corrected chi connectivity index (χ1v) is 6.71. The lowest BCUT2D eigenvalue weighted by atomic mass is 9.79. The third kappa shape index (κ3) is 2.71. The fourth-order valence-corrected chi connectivity index (χ4v) is 2.11. The van der Waals surface area contributed by atoms with Crippen molar-refractivity contribution in [2.75, 3.05) is 5.73 Å². The topological polar surface area (TPSA) is 73.8 Å². The Kier molecular flexibility index (Phi) is 3.88. The van der Waals surface area contributed by atoms with Gasteiger partial charge in [0.25, 0.3) is 0 Å². The molecule has 2 aromatic rings. The highest BCUT2D eigenvalue weighted by molar-refractivity contribution is 5.90. The van der Waals surface area contributed by atoms with Gasteiger partial charge < -0.3 is 5.73 Å². The van der Waals surface area contributed by atoms with Crippen LogP contribution in [-0.4, -0.2) is 20.5 Å². The van der Waals surface area contributed by atoms with Crippen molar-refractivity contribution in [2.24, 2.45) is 0 Å². The largest absolute Gasteiger partial charge is 0.399 e. The van der Waals surface area contributed by atoms with Gasteiger partial charge in [0.15, 0.2) is 0 Å². The predicted molar refractivity (Wildman–Crippen MR) is 78.3 cm³/mol. The van der Waals surface area contributed by atoms with Gasteiger partial charge in [0.05, 0.1) is 6.42 Å². The number of nitrogen functional groups attached to an aromatic ring is 1. The van der Waals surface area contributed by atoms with Gasteiger partial charge >= 0.3 is 0 Å². The number of Topliss-reactive ketones (excluding diaryl/α,β-unsaturated/α-hetero) is 1. The number of nitrogens with two attached hydrogens (primary N) is 1. The van der Waals surface area contributed by atoms with E-state index >= 15 is 0 Å². The van der Waals surface area contributed by atoms with Gasteiger partial charge in [0.1, 0.15) is 17.9 Å². The average Bonchev–Trinajstić information content (AvgIpc) is 2.86. The molecule has 0 saturated carbocycles. The number of carbonyl (C=O) groups excluding carboxylic acids is 1. The SMILES string of the molecule is CCn1ncnc1CC(=O)C(C)(C)c1ccc(N)cc1. The van der Waals surface area contributed by atoms with Crippen molar-refractivity contribution >= 4 is 11.5 Å². The average molecular weight is 272 g/mol. The molecule has 0 unspecified atom stereocenters. The van der Waals surface area contributed by atoms with Crippen molar-refractivity contribution in [1.29, 1.82) is 0 Å². The van der Waals surface area contributed by atoms with Gasteiger partial charge in [-0.3, -0.25) is 4.79 Å². The molecule has 2 N–H and O–H groups in total. The highest BCUT2D eigenvalue weighted by Crippen LogP contribution is 2.26. The molecule has 20 heavy (non-hydrogen) atoms. The molecule has 0 aliphatic heterocycles. The monoisotopic (exact) mass is 272 g/mol. The second kappa shape index (κ2) is 5.45. The van der Waals surface area contributed by atoms with Gasteiger partial charge in [0, 0.05) is 17.6 Å². The molecule has 5 heteroatoms. The van der Waals surface area contributed by atoms with E-state index in [0.717, 1.165) is 5.56 Å². The van der Waals surface area contributed by atoms with Crippen LogP contribution in [0.3, 0.4) is 0 Å². The Morgan fingerprint density at radius 2 is 1.95 bits per heavy atom. The summed E-state index contributed by atoms with van der Waals surface area (Å²) < 4.78 is 1.75. The maximum absolute atomic E-state index is 12.6. The Morgan fingerprint density at radius 1 is 1.30 bits per heavy atom. The first-order valence-electron chi connectivity index (χ1n) is 6.71. The molecule has 106 valence electrons. The van der Waals surface area contributed by atoms with Gasteiger partial charge in [-0.1, -0.05) is 12.1 Å². The molecule has 1 aromatic heterocycles.